The molecular weight excluding hydrogens is 361 g/mol. The summed E-state index contributed by atoms with van der Waals surface area (Å²) in [5, 5.41) is 20.5. The molecule has 1 N–H and O–H groups in total. The van der Waals surface area contributed by atoms with E-state index in [0.717, 1.165) is 6.07 Å². The highest BCUT2D eigenvalue weighted by molar-refractivity contribution is 9.10. The smallest absolute Gasteiger partial charge is 0.315 e. The van der Waals surface area contributed by atoms with E-state index in [1.165, 1.54) is 0 Å². The quantitative estimate of drug-likeness (QED) is 0.629. The van der Waals surface area contributed by atoms with Crippen LogP contribution < -0.4 is 4.74 Å². The largest absolute Gasteiger partial charge is 0.479 e. The van der Waals surface area contributed by atoms with Gasteiger partial charge in [0, 0.05) is 0 Å². The Balaban J connectivity index is 2.37. The fraction of sp³-hybridized carbons (Fsp3) is 0.400. The lowest BCUT2D eigenvalue weighted by Crippen LogP contribution is -2.30. The Morgan fingerprint density at radius 1 is 1.45 bits per heavy atom. The number of hydrogen-bond acceptors (Lipinski definition) is 6. The van der Waals surface area contributed by atoms with Crippen LogP contribution in [0.15, 0.2) is 16.6 Å². The van der Waals surface area contributed by atoms with E-state index in [2.05, 4.69) is 15.9 Å². The molecule has 0 aromatic heterocycles. The summed E-state index contributed by atoms with van der Waals surface area (Å²) < 4.78 is 41.0. The molecule has 1 aromatic rings. The zero-order valence-corrected chi connectivity index (χ0v) is 12.2. The van der Waals surface area contributed by atoms with E-state index >= 15 is 0 Å². The highest BCUT2D eigenvalue weighted by Crippen LogP contribution is 2.37. The van der Waals surface area contributed by atoms with Crippen molar-refractivity contribution in [3.05, 3.63) is 32.5 Å². The minimum atomic E-state index is -3.45. The van der Waals surface area contributed by atoms with Crippen molar-refractivity contribution in [2.45, 2.75) is 12.2 Å². The second kappa shape index (κ2) is 5.26. The molecule has 1 aromatic carbocycles. The number of hydrogen-bond donors (Lipinski definition) is 1. The van der Waals surface area contributed by atoms with Crippen molar-refractivity contribution in [2.75, 3.05) is 11.5 Å². The molecule has 1 fully saturated rings. The van der Waals surface area contributed by atoms with E-state index in [1.807, 2.05) is 0 Å². The van der Waals surface area contributed by atoms with E-state index in [1.54, 1.807) is 0 Å². The Labute approximate surface area is 121 Å². The summed E-state index contributed by atoms with van der Waals surface area (Å²) in [6.07, 6.45) is -2.41. The number of nitro benzene ring substituents is 1. The average Bonchev–Trinajstić information content (AvgIpc) is 2.54. The van der Waals surface area contributed by atoms with Gasteiger partial charge in [0.2, 0.25) is 5.75 Å². The molecule has 2 rings (SSSR count). The maximum absolute atomic E-state index is 13.1. The Hall–Kier alpha value is -1.26. The van der Waals surface area contributed by atoms with Crippen LogP contribution in [0.4, 0.5) is 10.1 Å². The van der Waals surface area contributed by atoms with Crippen molar-refractivity contribution in [2.24, 2.45) is 0 Å². The van der Waals surface area contributed by atoms with E-state index in [9.17, 15) is 28.0 Å². The first-order valence-corrected chi connectivity index (χ1v) is 7.99. The van der Waals surface area contributed by atoms with Crippen molar-refractivity contribution >= 4 is 31.5 Å². The van der Waals surface area contributed by atoms with Crippen LogP contribution in [0, 0.1) is 15.9 Å². The van der Waals surface area contributed by atoms with Crippen molar-refractivity contribution < 1.29 is 27.6 Å². The van der Waals surface area contributed by atoms with E-state index in [0.29, 0.717) is 6.07 Å². The first-order chi connectivity index (χ1) is 9.19. The SMILES string of the molecule is O=[N+]([O-])c1cc(F)cc(Br)c1OC1CS(=O)(=O)CC1O. The van der Waals surface area contributed by atoms with Gasteiger partial charge in [0.15, 0.2) is 9.84 Å². The van der Waals surface area contributed by atoms with Crippen LogP contribution in [0.3, 0.4) is 0 Å². The standard InChI is InChI=1S/C10H9BrFNO6S/c11-6-1-5(12)2-7(13(15)16)10(6)19-9-4-20(17,18)3-8(9)14/h1-2,8-9,14H,3-4H2. The van der Waals surface area contributed by atoms with Gasteiger partial charge in [-0.2, -0.15) is 0 Å². The Morgan fingerprint density at radius 3 is 2.60 bits per heavy atom. The summed E-state index contributed by atoms with van der Waals surface area (Å²) in [6, 6.07) is 1.62. The molecule has 1 aliphatic heterocycles. The zero-order valence-electron chi connectivity index (χ0n) is 9.82. The molecule has 2 atom stereocenters. The normalized spacial score (nSPS) is 24.6. The molecular formula is C10H9BrFNO6S. The number of aliphatic hydroxyl groups excluding tert-OH is 1. The van der Waals surface area contributed by atoms with Crippen molar-refractivity contribution in [1.29, 1.82) is 0 Å². The zero-order chi connectivity index (χ0) is 15.1. The van der Waals surface area contributed by atoms with Crippen LogP contribution in [-0.4, -0.2) is 42.2 Å². The number of benzene rings is 1. The van der Waals surface area contributed by atoms with Crippen LogP contribution in [-0.2, 0) is 9.84 Å². The number of nitrogens with zero attached hydrogens (tertiary/aromatic N) is 1. The Morgan fingerprint density at radius 2 is 2.10 bits per heavy atom. The molecule has 1 saturated heterocycles. The van der Waals surface area contributed by atoms with Crippen molar-refractivity contribution in [1.82, 2.24) is 0 Å². The molecule has 0 saturated carbocycles. The second-order valence-electron chi connectivity index (χ2n) is 4.29. The summed E-state index contributed by atoms with van der Waals surface area (Å²) in [6.45, 7) is 0. The van der Waals surface area contributed by atoms with Gasteiger partial charge in [0.25, 0.3) is 0 Å². The number of sulfone groups is 1. The average molecular weight is 370 g/mol. The second-order valence-corrected chi connectivity index (χ2v) is 7.30. The molecule has 7 nitrogen and oxygen atoms in total. The third kappa shape index (κ3) is 3.07. The fourth-order valence-corrected chi connectivity index (χ4v) is 4.04. The van der Waals surface area contributed by atoms with E-state index in [4.69, 9.17) is 4.74 Å². The van der Waals surface area contributed by atoms with Gasteiger partial charge in [-0.25, -0.2) is 12.8 Å². The lowest BCUT2D eigenvalue weighted by molar-refractivity contribution is -0.386. The number of ether oxygens (including phenoxy) is 1. The third-order valence-electron chi connectivity index (χ3n) is 2.73. The number of aliphatic hydroxyl groups is 1. The molecule has 0 radical (unpaired) electrons. The predicted octanol–water partition coefficient (Wildman–Crippen LogP) is 1.03. The van der Waals surface area contributed by atoms with Crippen LogP contribution in [0.2, 0.25) is 0 Å². The first kappa shape index (κ1) is 15.1. The predicted molar refractivity (Wildman–Crippen MR) is 69.8 cm³/mol. The maximum atomic E-state index is 13.1. The monoisotopic (exact) mass is 369 g/mol. The molecule has 110 valence electrons. The van der Waals surface area contributed by atoms with E-state index < -0.39 is 50.0 Å². The van der Waals surface area contributed by atoms with Crippen molar-refractivity contribution in [3.8, 4) is 5.75 Å². The summed E-state index contributed by atoms with van der Waals surface area (Å²) in [4.78, 5) is 10.0. The summed E-state index contributed by atoms with van der Waals surface area (Å²) in [5.74, 6) is -2.06. The molecule has 0 spiro atoms. The van der Waals surface area contributed by atoms with Crippen molar-refractivity contribution in [3.63, 3.8) is 0 Å². The molecule has 20 heavy (non-hydrogen) atoms. The van der Waals surface area contributed by atoms with Gasteiger partial charge in [0.1, 0.15) is 18.0 Å². The summed E-state index contributed by atoms with van der Waals surface area (Å²) in [7, 11) is -3.45. The minimum absolute atomic E-state index is 0.0271. The molecule has 0 bridgehead atoms. The summed E-state index contributed by atoms with van der Waals surface area (Å²) in [5.41, 5.74) is -0.645. The van der Waals surface area contributed by atoms with Crippen LogP contribution in [0.1, 0.15) is 0 Å². The van der Waals surface area contributed by atoms with Gasteiger partial charge in [-0.05, 0) is 22.0 Å². The lowest BCUT2D eigenvalue weighted by atomic mass is 10.2. The Bertz CT molecular complexity index is 664. The molecule has 0 amide bonds. The Kier molecular flexibility index (Phi) is 3.98. The topological polar surface area (TPSA) is 107 Å². The molecule has 2 unspecified atom stereocenters. The van der Waals surface area contributed by atoms with E-state index in [-0.39, 0.29) is 10.2 Å². The molecule has 0 aliphatic carbocycles. The van der Waals surface area contributed by atoms with Gasteiger partial charge in [-0.15, -0.1) is 0 Å². The molecule has 1 heterocycles. The fourth-order valence-electron chi connectivity index (χ4n) is 1.86. The number of halogens is 2. The van der Waals surface area contributed by atoms with Gasteiger partial charge in [0.05, 0.1) is 27.0 Å². The van der Waals surface area contributed by atoms with Crippen LogP contribution >= 0.6 is 15.9 Å². The lowest BCUT2D eigenvalue weighted by Gasteiger charge is -2.16. The highest BCUT2D eigenvalue weighted by atomic mass is 79.9. The molecule has 10 heteroatoms. The molecule has 1 aliphatic rings. The first-order valence-electron chi connectivity index (χ1n) is 5.38. The highest BCUT2D eigenvalue weighted by Gasteiger charge is 2.39. The minimum Gasteiger partial charge on any atom is -0.479 e. The van der Waals surface area contributed by atoms with Crippen LogP contribution in [0.5, 0.6) is 5.75 Å². The number of nitro groups is 1. The number of rotatable bonds is 3. The summed E-state index contributed by atoms with van der Waals surface area (Å²) >= 11 is 2.92. The third-order valence-corrected chi connectivity index (χ3v) is 5.00. The van der Waals surface area contributed by atoms with Crippen LogP contribution in [0.25, 0.3) is 0 Å². The van der Waals surface area contributed by atoms with Gasteiger partial charge < -0.3 is 9.84 Å². The van der Waals surface area contributed by atoms with Gasteiger partial charge in [-0.1, -0.05) is 0 Å². The van der Waals surface area contributed by atoms with Gasteiger partial charge >= 0.3 is 5.69 Å². The van der Waals surface area contributed by atoms with Gasteiger partial charge in [-0.3, -0.25) is 10.1 Å². The maximum Gasteiger partial charge on any atom is 0.315 e.